The van der Waals surface area contributed by atoms with Crippen LogP contribution in [-0.4, -0.2) is 12.7 Å². The van der Waals surface area contributed by atoms with Crippen molar-refractivity contribution >= 4 is 0 Å². The fourth-order valence-electron chi connectivity index (χ4n) is 3.21. The van der Waals surface area contributed by atoms with Crippen molar-refractivity contribution in [3.63, 3.8) is 0 Å². The molecule has 5 heteroatoms. The molecule has 20 heavy (non-hydrogen) atoms. The van der Waals surface area contributed by atoms with Gasteiger partial charge >= 0.3 is 0 Å². The highest BCUT2D eigenvalue weighted by atomic mass is 19.2. The molecule has 1 aromatic carbocycles. The molecule has 0 aliphatic heterocycles. The summed E-state index contributed by atoms with van der Waals surface area (Å²) in [5.74, 6) is 3.94. The first-order valence-corrected chi connectivity index (χ1v) is 7.10. The minimum atomic E-state index is -0.859. The van der Waals surface area contributed by atoms with E-state index in [0.717, 1.165) is 44.6 Å². The molecule has 112 valence electrons. The Morgan fingerprint density at radius 1 is 1.20 bits per heavy atom. The Labute approximate surface area is 118 Å². The van der Waals surface area contributed by atoms with E-state index in [-0.39, 0.29) is 5.56 Å². The summed E-state index contributed by atoms with van der Waals surface area (Å²) in [5.41, 5.74) is 2.29. The fourth-order valence-corrected chi connectivity index (χ4v) is 3.21. The van der Waals surface area contributed by atoms with E-state index in [9.17, 15) is 8.78 Å². The second-order valence-corrected chi connectivity index (χ2v) is 5.43. The Morgan fingerprint density at radius 2 is 1.85 bits per heavy atom. The molecule has 0 spiro atoms. The molecule has 3 nitrogen and oxygen atoms in total. The van der Waals surface area contributed by atoms with Crippen LogP contribution in [0.1, 0.15) is 50.1 Å². The lowest BCUT2D eigenvalue weighted by Gasteiger charge is -2.39. The van der Waals surface area contributed by atoms with Gasteiger partial charge in [-0.2, -0.15) is 0 Å². The number of benzene rings is 1. The minimum Gasteiger partial charge on any atom is -0.376 e. The SMILES string of the molecule is COC1(C(NN)c2cccc(F)c2F)CCCCCC1. The van der Waals surface area contributed by atoms with E-state index in [1.165, 1.54) is 6.07 Å². The maximum absolute atomic E-state index is 14.1. The van der Waals surface area contributed by atoms with Crippen LogP contribution in [0, 0.1) is 11.6 Å². The van der Waals surface area contributed by atoms with Crippen LogP contribution in [0.5, 0.6) is 0 Å². The highest BCUT2D eigenvalue weighted by Gasteiger charge is 2.41. The van der Waals surface area contributed by atoms with Crippen LogP contribution in [0.2, 0.25) is 0 Å². The first-order valence-electron chi connectivity index (χ1n) is 7.10. The molecule has 0 heterocycles. The van der Waals surface area contributed by atoms with Crippen molar-refractivity contribution in [2.45, 2.75) is 50.2 Å². The van der Waals surface area contributed by atoms with Gasteiger partial charge in [0.15, 0.2) is 11.6 Å². The minimum absolute atomic E-state index is 0.233. The predicted octanol–water partition coefficient (Wildman–Crippen LogP) is 3.21. The average Bonchev–Trinajstić information content (AvgIpc) is 2.71. The van der Waals surface area contributed by atoms with Gasteiger partial charge in [0.1, 0.15) is 0 Å². The quantitative estimate of drug-likeness (QED) is 0.507. The van der Waals surface area contributed by atoms with Crippen LogP contribution in [0.3, 0.4) is 0 Å². The molecular formula is C15H22F2N2O. The zero-order valence-corrected chi connectivity index (χ0v) is 11.8. The van der Waals surface area contributed by atoms with Crippen LogP contribution in [0.25, 0.3) is 0 Å². The van der Waals surface area contributed by atoms with Crippen LogP contribution in [-0.2, 0) is 4.74 Å². The lowest BCUT2D eigenvalue weighted by Crippen LogP contribution is -2.48. The third-order valence-corrected chi connectivity index (χ3v) is 4.34. The summed E-state index contributed by atoms with van der Waals surface area (Å²) in [5, 5.41) is 0. The molecule has 0 saturated heterocycles. The molecule has 0 bridgehead atoms. The number of ether oxygens (including phenoxy) is 1. The number of methoxy groups -OCH3 is 1. The van der Waals surface area contributed by atoms with Crippen molar-refractivity contribution in [2.24, 2.45) is 5.84 Å². The normalized spacial score (nSPS) is 20.4. The number of rotatable bonds is 4. The van der Waals surface area contributed by atoms with Gasteiger partial charge in [-0.1, -0.05) is 37.8 Å². The number of nitrogens with one attached hydrogen (secondary N) is 1. The molecule has 3 N–H and O–H groups in total. The summed E-state index contributed by atoms with van der Waals surface area (Å²) in [6.45, 7) is 0. The average molecular weight is 284 g/mol. The van der Waals surface area contributed by atoms with Gasteiger partial charge in [0.05, 0.1) is 11.6 Å². The van der Waals surface area contributed by atoms with Gasteiger partial charge in [-0.3, -0.25) is 5.84 Å². The number of hydrogen-bond donors (Lipinski definition) is 2. The lowest BCUT2D eigenvalue weighted by atomic mass is 9.82. The van der Waals surface area contributed by atoms with Gasteiger partial charge in [0.25, 0.3) is 0 Å². The fraction of sp³-hybridized carbons (Fsp3) is 0.600. The van der Waals surface area contributed by atoms with Gasteiger partial charge in [0.2, 0.25) is 0 Å². The second-order valence-electron chi connectivity index (χ2n) is 5.43. The van der Waals surface area contributed by atoms with Crippen molar-refractivity contribution in [2.75, 3.05) is 7.11 Å². The lowest BCUT2D eigenvalue weighted by molar-refractivity contribution is -0.0550. The van der Waals surface area contributed by atoms with Crippen LogP contribution in [0.15, 0.2) is 18.2 Å². The Bertz CT molecular complexity index is 445. The van der Waals surface area contributed by atoms with Crippen LogP contribution < -0.4 is 11.3 Å². The van der Waals surface area contributed by atoms with Crippen molar-refractivity contribution in [1.82, 2.24) is 5.43 Å². The second kappa shape index (κ2) is 6.61. The Hall–Kier alpha value is -1.04. The first kappa shape index (κ1) is 15.4. The summed E-state index contributed by atoms with van der Waals surface area (Å²) >= 11 is 0. The molecule has 2 rings (SSSR count). The summed E-state index contributed by atoms with van der Waals surface area (Å²) in [4.78, 5) is 0. The molecule has 1 unspecified atom stereocenters. The zero-order chi connectivity index (χ0) is 14.6. The van der Waals surface area contributed by atoms with E-state index in [4.69, 9.17) is 10.6 Å². The van der Waals surface area contributed by atoms with E-state index in [0.29, 0.717) is 0 Å². The van der Waals surface area contributed by atoms with Crippen LogP contribution >= 0.6 is 0 Å². The third-order valence-electron chi connectivity index (χ3n) is 4.34. The zero-order valence-electron chi connectivity index (χ0n) is 11.8. The summed E-state index contributed by atoms with van der Waals surface area (Å²) in [6.07, 6.45) is 5.84. The van der Waals surface area contributed by atoms with Crippen molar-refractivity contribution in [1.29, 1.82) is 0 Å². The largest absolute Gasteiger partial charge is 0.376 e. The molecule has 1 atom stereocenters. The predicted molar refractivity (Wildman–Crippen MR) is 73.9 cm³/mol. The summed E-state index contributed by atoms with van der Waals surface area (Å²) in [6, 6.07) is 3.62. The number of hydrazine groups is 1. The van der Waals surface area contributed by atoms with Crippen molar-refractivity contribution in [3.8, 4) is 0 Å². The monoisotopic (exact) mass is 284 g/mol. The molecule has 1 aliphatic carbocycles. The molecule has 0 radical (unpaired) electrons. The maximum atomic E-state index is 14.1. The molecule has 1 saturated carbocycles. The van der Waals surface area contributed by atoms with Crippen molar-refractivity contribution < 1.29 is 13.5 Å². The highest BCUT2D eigenvalue weighted by molar-refractivity contribution is 5.25. The third kappa shape index (κ3) is 2.85. The standard InChI is InChI=1S/C15H22F2N2O/c1-20-15(9-4-2-3-5-10-15)14(19-18)11-7-6-8-12(16)13(11)17/h6-8,14,19H,2-5,9-10,18H2,1H3. The number of nitrogens with two attached hydrogens (primary N) is 1. The Morgan fingerprint density at radius 3 is 2.40 bits per heavy atom. The molecule has 1 aromatic rings. The van der Waals surface area contributed by atoms with Gasteiger partial charge in [0, 0.05) is 12.7 Å². The number of halogens is 2. The number of hydrogen-bond acceptors (Lipinski definition) is 3. The Kier molecular flexibility index (Phi) is 5.07. The van der Waals surface area contributed by atoms with Crippen molar-refractivity contribution in [3.05, 3.63) is 35.4 Å². The van der Waals surface area contributed by atoms with E-state index in [2.05, 4.69) is 5.43 Å². The van der Waals surface area contributed by atoms with E-state index < -0.39 is 23.3 Å². The van der Waals surface area contributed by atoms with E-state index >= 15 is 0 Å². The van der Waals surface area contributed by atoms with Gasteiger partial charge in [-0.15, -0.1) is 0 Å². The first-order chi connectivity index (χ1) is 9.64. The van der Waals surface area contributed by atoms with E-state index in [1.54, 1.807) is 13.2 Å². The summed E-state index contributed by atoms with van der Waals surface area (Å²) in [7, 11) is 1.62. The topological polar surface area (TPSA) is 47.3 Å². The van der Waals surface area contributed by atoms with E-state index in [1.807, 2.05) is 0 Å². The summed E-state index contributed by atoms with van der Waals surface area (Å²) < 4.78 is 33.3. The molecule has 0 aromatic heterocycles. The Balaban J connectivity index is 2.40. The van der Waals surface area contributed by atoms with Crippen LogP contribution in [0.4, 0.5) is 8.78 Å². The molecule has 1 fully saturated rings. The van der Waals surface area contributed by atoms with Gasteiger partial charge in [-0.05, 0) is 18.9 Å². The van der Waals surface area contributed by atoms with Gasteiger partial charge in [-0.25, -0.2) is 14.2 Å². The molecular weight excluding hydrogens is 262 g/mol. The van der Waals surface area contributed by atoms with Gasteiger partial charge < -0.3 is 4.74 Å². The molecule has 1 aliphatic rings. The smallest absolute Gasteiger partial charge is 0.163 e. The molecule has 0 amide bonds. The highest BCUT2D eigenvalue weighted by Crippen LogP contribution is 2.40. The maximum Gasteiger partial charge on any atom is 0.163 e.